The van der Waals surface area contributed by atoms with E-state index < -0.39 is 5.97 Å². The Labute approximate surface area is 167 Å². The molecule has 2 heterocycles. The standard InChI is InChI=1S/C24H32O4/c1-24(13-3-2-4-14-24)22(25)12-9-18-19(21-11-10-20(18)28-21)15-16-5-7-17(8-6-16)23(26)27/h5-9,12,18-22,25H,2-4,10-11,13-15H2,1H3,(H,26,27). The number of hydrogen-bond donors (Lipinski definition) is 2. The van der Waals surface area contributed by atoms with Crippen molar-refractivity contribution in [3.63, 3.8) is 0 Å². The number of ether oxygens (including phenoxy) is 1. The van der Waals surface area contributed by atoms with Gasteiger partial charge in [0.25, 0.3) is 0 Å². The number of hydrogen-bond acceptors (Lipinski definition) is 3. The summed E-state index contributed by atoms with van der Waals surface area (Å²) in [4.78, 5) is 11.1. The number of carboxylic acids is 1. The second-order valence-electron chi connectivity index (χ2n) is 9.28. The Balaban J connectivity index is 1.45. The Morgan fingerprint density at radius 3 is 2.54 bits per heavy atom. The van der Waals surface area contributed by atoms with Crippen molar-refractivity contribution in [2.45, 2.75) is 76.6 Å². The van der Waals surface area contributed by atoms with E-state index in [1.807, 2.05) is 18.2 Å². The predicted molar refractivity (Wildman–Crippen MR) is 108 cm³/mol. The van der Waals surface area contributed by atoms with Crippen LogP contribution in [0.3, 0.4) is 0 Å². The average Bonchev–Trinajstić information content (AvgIpc) is 3.29. The van der Waals surface area contributed by atoms with Crippen LogP contribution in [0.25, 0.3) is 0 Å². The lowest BCUT2D eigenvalue weighted by Crippen LogP contribution is -2.33. The third-order valence-electron chi connectivity index (χ3n) is 7.38. The van der Waals surface area contributed by atoms with Gasteiger partial charge in [-0.1, -0.05) is 50.5 Å². The molecule has 2 aliphatic heterocycles. The van der Waals surface area contributed by atoms with Gasteiger partial charge in [-0.3, -0.25) is 0 Å². The third kappa shape index (κ3) is 3.90. The van der Waals surface area contributed by atoms with E-state index >= 15 is 0 Å². The third-order valence-corrected chi connectivity index (χ3v) is 7.38. The zero-order valence-corrected chi connectivity index (χ0v) is 16.7. The van der Waals surface area contributed by atoms with Gasteiger partial charge in [0.1, 0.15) is 0 Å². The Morgan fingerprint density at radius 2 is 1.86 bits per heavy atom. The SMILES string of the molecule is CC1(C(O)C=CC2C3CCC(O3)C2Cc2ccc(C(=O)O)cc2)CCCCC1. The lowest BCUT2D eigenvalue weighted by molar-refractivity contribution is 0.0431. The fourth-order valence-corrected chi connectivity index (χ4v) is 5.52. The van der Waals surface area contributed by atoms with Crippen molar-refractivity contribution >= 4 is 5.97 Å². The Kier molecular flexibility index (Phi) is 5.62. The Morgan fingerprint density at radius 1 is 1.18 bits per heavy atom. The van der Waals surface area contributed by atoms with E-state index in [2.05, 4.69) is 13.0 Å². The molecule has 5 unspecified atom stereocenters. The molecule has 0 amide bonds. The van der Waals surface area contributed by atoms with Gasteiger partial charge in [0.15, 0.2) is 0 Å². The first-order chi connectivity index (χ1) is 13.5. The molecule has 1 aromatic rings. The molecule has 2 N–H and O–H groups in total. The van der Waals surface area contributed by atoms with Crippen LogP contribution in [0.2, 0.25) is 0 Å². The van der Waals surface area contributed by atoms with E-state index in [0.29, 0.717) is 17.4 Å². The summed E-state index contributed by atoms with van der Waals surface area (Å²) in [7, 11) is 0. The van der Waals surface area contributed by atoms with Crippen molar-refractivity contribution in [3.8, 4) is 0 Å². The fraction of sp³-hybridized carbons (Fsp3) is 0.625. The van der Waals surface area contributed by atoms with Gasteiger partial charge < -0.3 is 14.9 Å². The quantitative estimate of drug-likeness (QED) is 0.703. The summed E-state index contributed by atoms with van der Waals surface area (Å²) in [5.74, 6) is -0.155. The predicted octanol–water partition coefficient (Wildman–Crippen LogP) is 4.61. The maximum atomic E-state index is 11.1. The number of benzene rings is 1. The fourth-order valence-electron chi connectivity index (χ4n) is 5.52. The summed E-state index contributed by atoms with van der Waals surface area (Å²) in [5, 5.41) is 19.9. The number of fused-ring (bicyclic) bond motifs is 2. The molecule has 152 valence electrons. The Hall–Kier alpha value is -1.65. The van der Waals surface area contributed by atoms with E-state index in [0.717, 1.165) is 37.7 Å². The lowest BCUT2D eigenvalue weighted by atomic mass is 9.71. The summed E-state index contributed by atoms with van der Waals surface area (Å²) in [6.45, 7) is 2.22. The molecule has 4 heteroatoms. The molecular formula is C24H32O4. The van der Waals surface area contributed by atoms with E-state index in [-0.39, 0.29) is 23.7 Å². The second kappa shape index (κ2) is 8.00. The first kappa shape index (κ1) is 19.7. The first-order valence-corrected chi connectivity index (χ1v) is 10.8. The molecule has 0 radical (unpaired) electrons. The number of rotatable bonds is 6. The van der Waals surface area contributed by atoms with Crippen molar-refractivity contribution in [2.24, 2.45) is 17.3 Å². The average molecular weight is 385 g/mol. The zero-order valence-electron chi connectivity index (χ0n) is 16.7. The largest absolute Gasteiger partial charge is 0.478 e. The minimum atomic E-state index is -0.888. The summed E-state index contributed by atoms with van der Waals surface area (Å²) in [6, 6.07) is 7.22. The molecule has 5 atom stereocenters. The van der Waals surface area contributed by atoms with E-state index in [4.69, 9.17) is 9.84 Å². The summed E-state index contributed by atoms with van der Waals surface area (Å²) in [5.41, 5.74) is 1.49. The van der Waals surface area contributed by atoms with Crippen molar-refractivity contribution in [2.75, 3.05) is 0 Å². The van der Waals surface area contributed by atoms with Crippen LogP contribution < -0.4 is 0 Å². The van der Waals surface area contributed by atoms with Gasteiger partial charge >= 0.3 is 5.97 Å². The summed E-state index contributed by atoms with van der Waals surface area (Å²) in [6.07, 6.45) is 13.4. The number of carboxylic acid groups (broad SMARTS) is 1. The molecule has 28 heavy (non-hydrogen) atoms. The van der Waals surface area contributed by atoms with E-state index in [1.54, 1.807) is 12.1 Å². The van der Waals surface area contributed by atoms with Gasteiger partial charge in [-0.2, -0.15) is 0 Å². The molecule has 4 rings (SSSR count). The van der Waals surface area contributed by atoms with Crippen molar-refractivity contribution < 1.29 is 19.7 Å². The van der Waals surface area contributed by atoms with Gasteiger partial charge in [0.2, 0.25) is 0 Å². The number of carbonyl (C=O) groups is 1. The highest BCUT2D eigenvalue weighted by atomic mass is 16.5. The van der Waals surface area contributed by atoms with Crippen molar-refractivity contribution in [1.82, 2.24) is 0 Å². The molecule has 3 aliphatic rings. The van der Waals surface area contributed by atoms with Crippen LogP contribution in [0.1, 0.15) is 67.8 Å². The highest BCUT2D eigenvalue weighted by molar-refractivity contribution is 5.87. The van der Waals surface area contributed by atoms with Gasteiger partial charge in [-0.05, 0) is 61.1 Å². The van der Waals surface area contributed by atoms with Gasteiger partial charge in [0, 0.05) is 5.92 Å². The molecule has 4 nitrogen and oxygen atoms in total. The van der Waals surface area contributed by atoms with Crippen LogP contribution >= 0.6 is 0 Å². The van der Waals surface area contributed by atoms with Crippen LogP contribution in [0, 0.1) is 17.3 Å². The molecular weight excluding hydrogens is 352 g/mol. The van der Waals surface area contributed by atoms with Crippen molar-refractivity contribution in [1.29, 1.82) is 0 Å². The molecule has 0 spiro atoms. The summed E-state index contributed by atoms with van der Waals surface area (Å²) >= 11 is 0. The van der Waals surface area contributed by atoms with Crippen LogP contribution in [0.5, 0.6) is 0 Å². The maximum absolute atomic E-state index is 11.1. The minimum absolute atomic E-state index is 0.00931. The molecule has 3 fully saturated rings. The zero-order chi connectivity index (χ0) is 19.7. The van der Waals surface area contributed by atoms with Crippen LogP contribution in [0.15, 0.2) is 36.4 Å². The number of aliphatic hydroxyl groups is 1. The first-order valence-electron chi connectivity index (χ1n) is 10.8. The molecule has 1 aromatic carbocycles. The topological polar surface area (TPSA) is 66.8 Å². The van der Waals surface area contributed by atoms with Crippen LogP contribution in [-0.4, -0.2) is 34.5 Å². The molecule has 0 aromatic heterocycles. The Bertz CT molecular complexity index is 717. The molecule has 2 bridgehead atoms. The summed E-state index contributed by atoms with van der Waals surface area (Å²) < 4.78 is 6.21. The lowest BCUT2D eigenvalue weighted by Gasteiger charge is -2.37. The number of aliphatic hydroxyl groups excluding tert-OH is 1. The maximum Gasteiger partial charge on any atom is 0.335 e. The minimum Gasteiger partial charge on any atom is -0.478 e. The van der Waals surface area contributed by atoms with Gasteiger partial charge in [0.05, 0.1) is 23.9 Å². The second-order valence-corrected chi connectivity index (χ2v) is 9.28. The smallest absolute Gasteiger partial charge is 0.335 e. The van der Waals surface area contributed by atoms with Gasteiger partial charge in [-0.25, -0.2) is 4.79 Å². The number of aromatic carboxylic acids is 1. The normalized spacial score (nSPS) is 32.6. The highest BCUT2D eigenvalue weighted by Gasteiger charge is 2.47. The highest BCUT2D eigenvalue weighted by Crippen LogP contribution is 2.46. The van der Waals surface area contributed by atoms with E-state index in [1.165, 1.54) is 19.3 Å². The van der Waals surface area contributed by atoms with Crippen molar-refractivity contribution in [3.05, 3.63) is 47.5 Å². The van der Waals surface area contributed by atoms with E-state index in [9.17, 15) is 9.90 Å². The van der Waals surface area contributed by atoms with Crippen LogP contribution in [-0.2, 0) is 11.2 Å². The van der Waals surface area contributed by atoms with Gasteiger partial charge in [-0.15, -0.1) is 0 Å². The molecule has 1 saturated carbocycles. The molecule has 1 aliphatic carbocycles. The molecule has 2 saturated heterocycles. The monoisotopic (exact) mass is 384 g/mol. The van der Waals surface area contributed by atoms with Crippen LogP contribution in [0.4, 0.5) is 0 Å².